The summed E-state index contributed by atoms with van der Waals surface area (Å²) in [6, 6.07) is 15.6. The normalized spacial score (nSPS) is 10.9. The maximum absolute atomic E-state index is 12.4. The van der Waals surface area contributed by atoms with E-state index in [-0.39, 0.29) is 10.8 Å². The molecule has 0 spiro atoms. The number of thiocarbonyl (C=S) groups is 1. The quantitative estimate of drug-likeness (QED) is 0.566. The summed E-state index contributed by atoms with van der Waals surface area (Å²) in [6.45, 7) is 2.01. The molecular weight excluding hydrogens is 382 g/mol. The lowest BCUT2D eigenvalue weighted by Gasteiger charge is -2.11. The Kier molecular flexibility index (Phi) is 5.63. The molecule has 1 aromatic heterocycles. The lowest BCUT2D eigenvalue weighted by atomic mass is 10.2. The fourth-order valence-electron chi connectivity index (χ4n) is 2.18. The standard InChI is InChI=1S/C18H17N5O2S2/c1-13-3-5-14(6-4-13)21-18(26)22-15-7-9-16(10-8-15)27(24,25)23-17-19-11-2-12-20-17/h2-12H,1H3,(H,19,20,23)(H2,21,22,26). The minimum atomic E-state index is -3.76. The van der Waals surface area contributed by atoms with Gasteiger partial charge in [-0.15, -0.1) is 0 Å². The summed E-state index contributed by atoms with van der Waals surface area (Å²) in [5.41, 5.74) is 2.68. The molecule has 0 fully saturated rings. The fourth-order valence-corrected chi connectivity index (χ4v) is 3.37. The Morgan fingerprint density at radius 3 is 1.96 bits per heavy atom. The van der Waals surface area contributed by atoms with Gasteiger partial charge in [0.05, 0.1) is 4.90 Å². The Labute approximate surface area is 162 Å². The van der Waals surface area contributed by atoms with Crippen LogP contribution in [0, 0.1) is 6.92 Å². The molecule has 3 N–H and O–H groups in total. The molecule has 0 bridgehead atoms. The molecule has 0 aliphatic carbocycles. The van der Waals surface area contributed by atoms with Gasteiger partial charge in [0.25, 0.3) is 10.0 Å². The molecule has 3 rings (SSSR count). The number of nitrogens with one attached hydrogen (secondary N) is 3. The molecule has 0 radical (unpaired) electrons. The molecule has 0 saturated carbocycles. The van der Waals surface area contributed by atoms with Gasteiger partial charge in [-0.25, -0.2) is 23.1 Å². The molecule has 1 heterocycles. The largest absolute Gasteiger partial charge is 0.332 e. The van der Waals surface area contributed by atoms with Crippen molar-refractivity contribution >= 4 is 44.7 Å². The van der Waals surface area contributed by atoms with Gasteiger partial charge in [0.1, 0.15) is 0 Å². The molecule has 7 nitrogen and oxygen atoms in total. The van der Waals surface area contributed by atoms with Crippen LogP contribution in [-0.4, -0.2) is 23.5 Å². The smallest absolute Gasteiger partial charge is 0.264 e. The highest BCUT2D eigenvalue weighted by atomic mass is 32.2. The molecule has 0 atom stereocenters. The van der Waals surface area contributed by atoms with E-state index in [0.29, 0.717) is 10.8 Å². The van der Waals surface area contributed by atoms with E-state index in [0.717, 1.165) is 11.3 Å². The first kappa shape index (κ1) is 18.7. The monoisotopic (exact) mass is 399 g/mol. The van der Waals surface area contributed by atoms with E-state index in [1.54, 1.807) is 18.2 Å². The predicted octanol–water partition coefficient (Wildman–Crippen LogP) is 3.39. The Bertz CT molecular complexity index is 1020. The number of rotatable bonds is 5. The SMILES string of the molecule is Cc1ccc(NC(=S)Nc2ccc(S(=O)(=O)Nc3ncccn3)cc2)cc1. The number of benzene rings is 2. The number of sulfonamides is 1. The van der Waals surface area contributed by atoms with Crippen molar-refractivity contribution in [2.75, 3.05) is 15.4 Å². The lowest BCUT2D eigenvalue weighted by molar-refractivity contribution is 0.601. The minimum absolute atomic E-state index is 0.0168. The molecule has 9 heteroatoms. The number of hydrogen-bond donors (Lipinski definition) is 3. The van der Waals surface area contributed by atoms with Crippen molar-refractivity contribution in [3.63, 3.8) is 0 Å². The van der Waals surface area contributed by atoms with Crippen LogP contribution in [0.5, 0.6) is 0 Å². The molecule has 138 valence electrons. The highest BCUT2D eigenvalue weighted by molar-refractivity contribution is 7.92. The van der Waals surface area contributed by atoms with Crippen LogP contribution in [0.15, 0.2) is 71.9 Å². The molecular formula is C18H17N5O2S2. The molecule has 0 saturated heterocycles. The Hall–Kier alpha value is -3.04. The molecule has 0 unspecified atom stereocenters. The lowest BCUT2D eigenvalue weighted by Crippen LogP contribution is -2.19. The van der Waals surface area contributed by atoms with E-state index < -0.39 is 10.0 Å². The molecule has 0 aliphatic rings. The van der Waals surface area contributed by atoms with Gasteiger partial charge in [0.2, 0.25) is 5.95 Å². The van der Waals surface area contributed by atoms with Crippen molar-refractivity contribution in [3.8, 4) is 0 Å². The summed E-state index contributed by atoms with van der Waals surface area (Å²) < 4.78 is 27.0. The van der Waals surface area contributed by atoms with E-state index in [9.17, 15) is 8.42 Å². The highest BCUT2D eigenvalue weighted by Gasteiger charge is 2.15. The van der Waals surface area contributed by atoms with Gasteiger partial charge < -0.3 is 10.6 Å². The van der Waals surface area contributed by atoms with Crippen LogP contribution in [0.4, 0.5) is 17.3 Å². The summed E-state index contributed by atoms with van der Waals surface area (Å²) >= 11 is 5.27. The van der Waals surface area contributed by atoms with Crippen molar-refractivity contribution in [2.24, 2.45) is 0 Å². The summed E-state index contributed by atoms with van der Waals surface area (Å²) in [6.07, 6.45) is 2.92. The van der Waals surface area contributed by atoms with Gasteiger partial charge in [-0.2, -0.15) is 0 Å². The number of nitrogens with zero attached hydrogens (tertiary/aromatic N) is 2. The fraction of sp³-hybridized carbons (Fsp3) is 0.0556. The van der Waals surface area contributed by atoms with E-state index in [1.165, 1.54) is 24.5 Å². The predicted molar refractivity (Wildman–Crippen MR) is 110 cm³/mol. The van der Waals surface area contributed by atoms with E-state index in [4.69, 9.17) is 12.2 Å². The molecule has 0 aliphatic heterocycles. The summed E-state index contributed by atoms with van der Waals surface area (Å²) in [5, 5.41) is 6.49. The molecule has 0 amide bonds. The molecule has 3 aromatic rings. The van der Waals surface area contributed by atoms with Crippen molar-refractivity contribution < 1.29 is 8.42 Å². The van der Waals surface area contributed by atoms with Crippen LogP contribution in [0.1, 0.15) is 5.56 Å². The second kappa shape index (κ2) is 8.11. The maximum atomic E-state index is 12.4. The topological polar surface area (TPSA) is 96.0 Å². The maximum Gasteiger partial charge on any atom is 0.264 e. The van der Waals surface area contributed by atoms with Crippen molar-refractivity contribution in [3.05, 3.63) is 72.6 Å². The third-order valence-corrected chi connectivity index (χ3v) is 5.07. The second-order valence-corrected chi connectivity index (χ2v) is 7.74. The molecule has 2 aromatic carbocycles. The van der Waals surface area contributed by atoms with Gasteiger partial charge in [-0.05, 0) is 61.6 Å². The first-order valence-corrected chi connectivity index (χ1v) is 9.86. The third-order valence-electron chi connectivity index (χ3n) is 3.52. The Morgan fingerprint density at radius 1 is 0.889 bits per heavy atom. The van der Waals surface area contributed by atoms with E-state index in [2.05, 4.69) is 25.3 Å². The highest BCUT2D eigenvalue weighted by Crippen LogP contribution is 2.17. The number of anilines is 3. The zero-order valence-electron chi connectivity index (χ0n) is 14.4. The van der Waals surface area contributed by atoms with Crippen LogP contribution in [0.2, 0.25) is 0 Å². The number of hydrogen-bond acceptors (Lipinski definition) is 5. The van der Waals surface area contributed by atoms with Crippen molar-refractivity contribution in [1.29, 1.82) is 0 Å². The Morgan fingerprint density at radius 2 is 1.41 bits per heavy atom. The first-order valence-electron chi connectivity index (χ1n) is 7.97. The number of aromatic nitrogens is 2. The second-order valence-electron chi connectivity index (χ2n) is 5.65. The van der Waals surface area contributed by atoms with Gasteiger partial charge in [-0.3, -0.25) is 0 Å². The van der Waals surface area contributed by atoms with Gasteiger partial charge in [-0.1, -0.05) is 17.7 Å². The zero-order valence-corrected chi connectivity index (χ0v) is 16.0. The summed E-state index contributed by atoms with van der Waals surface area (Å²) in [7, 11) is -3.76. The molecule has 27 heavy (non-hydrogen) atoms. The van der Waals surface area contributed by atoms with E-state index in [1.807, 2.05) is 31.2 Å². The van der Waals surface area contributed by atoms with Crippen LogP contribution < -0.4 is 15.4 Å². The average Bonchev–Trinajstić information content (AvgIpc) is 2.64. The van der Waals surface area contributed by atoms with Gasteiger partial charge in [0, 0.05) is 23.8 Å². The summed E-state index contributed by atoms with van der Waals surface area (Å²) in [5.74, 6) is 0.0168. The third kappa shape index (κ3) is 5.22. The van der Waals surface area contributed by atoms with Crippen LogP contribution >= 0.6 is 12.2 Å². The minimum Gasteiger partial charge on any atom is -0.332 e. The first-order chi connectivity index (χ1) is 12.9. The van der Waals surface area contributed by atoms with Crippen molar-refractivity contribution in [1.82, 2.24) is 9.97 Å². The summed E-state index contributed by atoms with van der Waals surface area (Å²) in [4.78, 5) is 7.80. The van der Waals surface area contributed by atoms with E-state index >= 15 is 0 Å². The van der Waals surface area contributed by atoms with Crippen LogP contribution in [-0.2, 0) is 10.0 Å². The van der Waals surface area contributed by atoms with Crippen LogP contribution in [0.25, 0.3) is 0 Å². The van der Waals surface area contributed by atoms with Crippen LogP contribution in [0.3, 0.4) is 0 Å². The van der Waals surface area contributed by atoms with Gasteiger partial charge >= 0.3 is 0 Å². The van der Waals surface area contributed by atoms with Crippen molar-refractivity contribution in [2.45, 2.75) is 11.8 Å². The van der Waals surface area contributed by atoms with Gasteiger partial charge in [0.15, 0.2) is 5.11 Å². The zero-order chi connectivity index (χ0) is 19.3. The average molecular weight is 400 g/mol. The Balaban J connectivity index is 1.64. The number of aryl methyl sites for hydroxylation is 1.